The van der Waals surface area contributed by atoms with Gasteiger partial charge in [0, 0.05) is 17.7 Å². The van der Waals surface area contributed by atoms with Crippen molar-refractivity contribution in [3.05, 3.63) is 60.2 Å². The Hall–Kier alpha value is -2.60. The van der Waals surface area contributed by atoms with Gasteiger partial charge in [0.05, 0.1) is 12.9 Å². The van der Waals surface area contributed by atoms with Gasteiger partial charge >= 0.3 is 0 Å². The molecule has 0 spiro atoms. The third-order valence-corrected chi connectivity index (χ3v) is 4.78. The summed E-state index contributed by atoms with van der Waals surface area (Å²) in [7, 11) is 1.61. The van der Waals surface area contributed by atoms with Crippen molar-refractivity contribution in [2.75, 3.05) is 12.9 Å². The maximum absolute atomic E-state index is 12.4. The Bertz CT molecular complexity index is 845. The second-order valence-electron chi connectivity index (χ2n) is 5.36. The Morgan fingerprint density at radius 2 is 1.80 bits per heavy atom. The zero-order valence-corrected chi connectivity index (χ0v) is 15.0. The zero-order valence-electron chi connectivity index (χ0n) is 14.2. The molecule has 25 heavy (non-hydrogen) atoms. The Morgan fingerprint density at radius 1 is 1.08 bits per heavy atom. The van der Waals surface area contributed by atoms with Crippen LogP contribution in [0.3, 0.4) is 0 Å². The molecule has 3 rings (SSSR count). The molecule has 2 aromatic carbocycles. The summed E-state index contributed by atoms with van der Waals surface area (Å²) >= 11 is 1.41. The van der Waals surface area contributed by atoms with E-state index in [0.29, 0.717) is 11.3 Å². The Kier molecular flexibility index (Phi) is 5.50. The van der Waals surface area contributed by atoms with E-state index in [4.69, 9.17) is 4.74 Å². The summed E-state index contributed by atoms with van der Waals surface area (Å²) in [5.41, 5.74) is 1.68. The molecule has 1 aromatic heterocycles. The van der Waals surface area contributed by atoms with Crippen molar-refractivity contribution >= 4 is 17.5 Å². The molecule has 0 fully saturated rings. The van der Waals surface area contributed by atoms with Crippen molar-refractivity contribution in [2.45, 2.75) is 18.6 Å². The number of rotatable bonds is 7. The van der Waals surface area contributed by atoms with Crippen LogP contribution in [0, 0.1) is 0 Å². The van der Waals surface area contributed by atoms with Gasteiger partial charge in [-0.15, -0.1) is 10.2 Å². The molecule has 128 valence electrons. The van der Waals surface area contributed by atoms with Gasteiger partial charge in [0.15, 0.2) is 16.8 Å². The van der Waals surface area contributed by atoms with E-state index in [1.54, 1.807) is 31.4 Å². The topological polar surface area (TPSA) is 57.0 Å². The Morgan fingerprint density at radius 3 is 2.44 bits per heavy atom. The highest BCUT2D eigenvalue weighted by Gasteiger charge is 2.15. The molecule has 0 saturated heterocycles. The summed E-state index contributed by atoms with van der Waals surface area (Å²) in [5, 5.41) is 9.31. The second kappa shape index (κ2) is 7.98. The number of ketones is 1. The van der Waals surface area contributed by atoms with E-state index in [1.165, 1.54) is 11.8 Å². The van der Waals surface area contributed by atoms with Crippen molar-refractivity contribution in [2.24, 2.45) is 0 Å². The molecule has 5 nitrogen and oxygen atoms in total. The van der Waals surface area contributed by atoms with E-state index in [-0.39, 0.29) is 5.78 Å². The van der Waals surface area contributed by atoms with Gasteiger partial charge in [0.2, 0.25) is 0 Å². The number of methoxy groups -OCH3 is 1. The van der Waals surface area contributed by atoms with Gasteiger partial charge < -0.3 is 9.30 Å². The summed E-state index contributed by atoms with van der Waals surface area (Å²) in [6.07, 6.45) is 0. The number of ether oxygens (including phenoxy) is 1. The molecule has 0 saturated carbocycles. The minimum absolute atomic E-state index is 0.0552. The quantitative estimate of drug-likeness (QED) is 0.475. The highest BCUT2D eigenvalue weighted by atomic mass is 32.2. The van der Waals surface area contributed by atoms with E-state index in [2.05, 4.69) is 10.2 Å². The number of hydrogen-bond acceptors (Lipinski definition) is 5. The van der Waals surface area contributed by atoms with Gasteiger partial charge in [-0.25, -0.2) is 0 Å². The van der Waals surface area contributed by atoms with Gasteiger partial charge in [-0.3, -0.25) is 4.79 Å². The van der Waals surface area contributed by atoms with E-state index in [1.807, 2.05) is 41.8 Å². The van der Waals surface area contributed by atoms with E-state index < -0.39 is 0 Å². The molecule has 3 aromatic rings. The maximum atomic E-state index is 12.4. The number of thioether (sulfide) groups is 1. The minimum Gasteiger partial charge on any atom is -0.497 e. The van der Waals surface area contributed by atoms with Crippen LogP contribution in [0.4, 0.5) is 0 Å². The molecule has 0 aliphatic carbocycles. The van der Waals surface area contributed by atoms with Crippen LogP contribution >= 0.6 is 11.8 Å². The van der Waals surface area contributed by atoms with Crippen LogP contribution in [0.2, 0.25) is 0 Å². The minimum atomic E-state index is 0.0552. The average Bonchev–Trinajstić information content (AvgIpc) is 3.09. The third kappa shape index (κ3) is 3.91. The molecular formula is C19H19N3O2S. The van der Waals surface area contributed by atoms with E-state index >= 15 is 0 Å². The average molecular weight is 353 g/mol. The van der Waals surface area contributed by atoms with Crippen molar-refractivity contribution in [1.82, 2.24) is 14.8 Å². The molecule has 6 heteroatoms. The number of aromatic nitrogens is 3. The predicted octanol–water partition coefficient (Wildman–Crippen LogP) is 3.95. The van der Waals surface area contributed by atoms with Gasteiger partial charge in [0.1, 0.15) is 5.75 Å². The van der Waals surface area contributed by atoms with Crippen molar-refractivity contribution in [3.63, 3.8) is 0 Å². The fraction of sp³-hybridized carbons (Fsp3) is 0.211. The molecule has 0 bridgehead atoms. The van der Waals surface area contributed by atoms with Crippen LogP contribution in [0.25, 0.3) is 11.4 Å². The highest BCUT2D eigenvalue weighted by molar-refractivity contribution is 7.99. The maximum Gasteiger partial charge on any atom is 0.191 e. The number of carbonyl (C=O) groups is 1. The molecule has 0 aliphatic rings. The second-order valence-corrected chi connectivity index (χ2v) is 6.30. The smallest absolute Gasteiger partial charge is 0.191 e. The van der Waals surface area contributed by atoms with Crippen LogP contribution in [-0.4, -0.2) is 33.4 Å². The summed E-state index contributed by atoms with van der Waals surface area (Å²) in [6, 6.07) is 17.1. The first kappa shape index (κ1) is 17.2. The van der Waals surface area contributed by atoms with E-state index in [9.17, 15) is 4.79 Å². The molecule has 0 radical (unpaired) electrons. The van der Waals surface area contributed by atoms with Crippen molar-refractivity contribution in [1.29, 1.82) is 0 Å². The highest BCUT2D eigenvalue weighted by Crippen LogP contribution is 2.24. The van der Waals surface area contributed by atoms with Crippen molar-refractivity contribution in [3.8, 4) is 17.1 Å². The molecule has 0 unspecified atom stereocenters. The largest absolute Gasteiger partial charge is 0.497 e. The first-order valence-electron chi connectivity index (χ1n) is 8.01. The van der Waals surface area contributed by atoms with Gasteiger partial charge in [0.25, 0.3) is 0 Å². The first-order chi connectivity index (χ1) is 12.2. The fourth-order valence-corrected chi connectivity index (χ4v) is 3.37. The fourth-order valence-electron chi connectivity index (χ4n) is 2.47. The lowest BCUT2D eigenvalue weighted by atomic mass is 10.1. The number of benzene rings is 2. The van der Waals surface area contributed by atoms with Gasteiger partial charge in [-0.05, 0) is 31.2 Å². The predicted molar refractivity (Wildman–Crippen MR) is 99.2 cm³/mol. The van der Waals surface area contributed by atoms with Gasteiger partial charge in [-0.1, -0.05) is 42.1 Å². The third-order valence-electron chi connectivity index (χ3n) is 3.81. The normalized spacial score (nSPS) is 10.6. The number of hydrogen-bond donors (Lipinski definition) is 0. The lowest BCUT2D eigenvalue weighted by Crippen LogP contribution is -2.05. The first-order valence-corrected chi connectivity index (χ1v) is 9.00. The molecule has 0 aliphatic heterocycles. The monoisotopic (exact) mass is 353 g/mol. The summed E-state index contributed by atoms with van der Waals surface area (Å²) < 4.78 is 7.14. The van der Waals surface area contributed by atoms with Gasteiger partial charge in [-0.2, -0.15) is 0 Å². The zero-order chi connectivity index (χ0) is 17.6. The van der Waals surface area contributed by atoms with Crippen LogP contribution < -0.4 is 4.74 Å². The SMILES string of the molecule is CCn1c(SCC(=O)c2ccc(OC)cc2)nnc1-c1ccccc1. The summed E-state index contributed by atoms with van der Waals surface area (Å²) in [5.74, 6) is 1.93. The van der Waals surface area contributed by atoms with Crippen LogP contribution in [0.1, 0.15) is 17.3 Å². The lowest BCUT2D eigenvalue weighted by molar-refractivity contribution is 0.102. The molecule has 0 atom stereocenters. The Labute approximate surface area is 151 Å². The number of carbonyl (C=O) groups excluding carboxylic acids is 1. The Balaban J connectivity index is 1.72. The molecule has 0 amide bonds. The summed E-state index contributed by atoms with van der Waals surface area (Å²) in [6.45, 7) is 2.79. The molecular weight excluding hydrogens is 334 g/mol. The van der Waals surface area contributed by atoms with Crippen LogP contribution in [0.15, 0.2) is 59.8 Å². The molecule has 1 heterocycles. The van der Waals surface area contributed by atoms with E-state index in [0.717, 1.165) is 28.8 Å². The standard InChI is InChI=1S/C19H19N3O2S/c1-3-22-18(15-7-5-4-6-8-15)20-21-19(22)25-13-17(23)14-9-11-16(24-2)12-10-14/h4-12H,3,13H2,1-2H3. The van der Waals surface area contributed by atoms with Crippen LogP contribution in [-0.2, 0) is 6.54 Å². The van der Waals surface area contributed by atoms with Crippen molar-refractivity contribution < 1.29 is 9.53 Å². The lowest BCUT2D eigenvalue weighted by Gasteiger charge is -2.07. The van der Waals surface area contributed by atoms with Crippen LogP contribution in [0.5, 0.6) is 5.75 Å². The summed E-state index contributed by atoms with van der Waals surface area (Å²) in [4.78, 5) is 12.4. The molecule has 0 N–H and O–H groups in total. The number of Topliss-reactive ketones (excluding diaryl/α,β-unsaturated/α-hetero) is 1. The number of nitrogens with zero attached hydrogens (tertiary/aromatic N) is 3.